The maximum absolute atomic E-state index is 13.8. The van der Waals surface area contributed by atoms with Crippen molar-refractivity contribution in [3.8, 4) is 0 Å². The molecule has 232 valence electrons. The predicted octanol–water partition coefficient (Wildman–Crippen LogP) is 2.80. The molecular weight excluding hydrogens is 550 g/mol. The van der Waals surface area contributed by atoms with E-state index in [0.29, 0.717) is 44.5 Å². The summed E-state index contributed by atoms with van der Waals surface area (Å²) in [6.45, 7) is 2.68. The number of ether oxygens (including phenoxy) is 1. The van der Waals surface area contributed by atoms with Gasteiger partial charge in [0.15, 0.2) is 0 Å². The zero-order valence-electron chi connectivity index (χ0n) is 25.1. The van der Waals surface area contributed by atoms with Gasteiger partial charge < -0.3 is 30.6 Å². The van der Waals surface area contributed by atoms with E-state index in [1.165, 1.54) is 7.11 Å². The van der Waals surface area contributed by atoms with Crippen molar-refractivity contribution in [1.82, 2.24) is 25.8 Å². The standard InChI is InChI=1S/C32H43N5O6/c1-20(38)37-14-12-32(13-15-37)19-23(28(39)36-32)18-27(31(42)43-2)35-29(40)25(16-21-8-4-3-5-9-21)34-30(41)26-17-22-10-6-7-11-24(22)33-26/h6-7,10-11,17,21,23,25,27,33H,3-5,8-9,12-16,18-19H2,1-2H3,(H,34,41)(H,35,40)(H,36,39)/t23-,25-,27-/m0/s1. The highest BCUT2D eigenvalue weighted by Crippen LogP contribution is 2.36. The van der Waals surface area contributed by atoms with Crippen LogP contribution < -0.4 is 16.0 Å². The number of aromatic nitrogens is 1. The molecule has 1 aromatic carbocycles. The minimum Gasteiger partial charge on any atom is -0.467 e. The Bertz CT molecular complexity index is 1320. The van der Waals surface area contributed by atoms with Gasteiger partial charge in [-0.2, -0.15) is 0 Å². The van der Waals surface area contributed by atoms with Crippen molar-refractivity contribution in [3.05, 3.63) is 36.0 Å². The molecule has 2 saturated heterocycles. The van der Waals surface area contributed by atoms with E-state index in [2.05, 4.69) is 20.9 Å². The number of hydrogen-bond acceptors (Lipinski definition) is 6. The number of H-pyrrole nitrogens is 1. The van der Waals surface area contributed by atoms with Crippen LogP contribution in [0.4, 0.5) is 0 Å². The molecule has 1 spiro atoms. The van der Waals surface area contributed by atoms with Gasteiger partial charge in [0.25, 0.3) is 5.91 Å². The van der Waals surface area contributed by atoms with Crippen LogP contribution >= 0.6 is 0 Å². The van der Waals surface area contributed by atoms with Crippen LogP contribution in [0.2, 0.25) is 0 Å². The quantitative estimate of drug-likeness (QED) is 0.329. The Balaban J connectivity index is 1.28. The second-order valence-electron chi connectivity index (χ2n) is 12.5. The summed E-state index contributed by atoms with van der Waals surface area (Å²) in [5, 5.41) is 9.77. The molecule has 3 heterocycles. The molecule has 5 rings (SSSR count). The fraction of sp³-hybridized carbons (Fsp3) is 0.594. The first-order valence-electron chi connectivity index (χ1n) is 15.5. The number of carbonyl (C=O) groups excluding carboxylic acids is 5. The first-order chi connectivity index (χ1) is 20.7. The third-order valence-corrected chi connectivity index (χ3v) is 9.57. The van der Waals surface area contributed by atoms with Gasteiger partial charge >= 0.3 is 5.97 Å². The van der Waals surface area contributed by atoms with Crippen molar-refractivity contribution >= 4 is 40.5 Å². The van der Waals surface area contributed by atoms with Gasteiger partial charge in [0.2, 0.25) is 17.7 Å². The summed E-state index contributed by atoms with van der Waals surface area (Å²) in [5.74, 6) is -1.85. The molecule has 3 atom stereocenters. The average molecular weight is 594 g/mol. The number of rotatable bonds is 9. The second kappa shape index (κ2) is 13.2. The lowest BCUT2D eigenvalue weighted by Crippen LogP contribution is -2.53. The van der Waals surface area contributed by atoms with Crippen molar-refractivity contribution in [2.24, 2.45) is 11.8 Å². The number of nitrogens with one attached hydrogen (secondary N) is 4. The highest BCUT2D eigenvalue weighted by atomic mass is 16.5. The molecule has 4 amide bonds. The molecule has 1 aliphatic carbocycles. The van der Waals surface area contributed by atoms with Crippen LogP contribution in [-0.4, -0.2) is 77.3 Å². The van der Waals surface area contributed by atoms with Crippen molar-refractivity contribution in [2.45, 2.75) is 88.8 Å². The molecule has 2 aromatic rings. The summed E-state index contributed by atoms with van der Waals surface area (Å²) in [6.07, 6.45) is 7.67. The molecule has 1 aromatic heterocycles. The maximum atomic E-state index is 13.8. The number of para-hydroxylation sites is 1. The summed E-state index contributed by atoms with van der Waals surface area (Å²) in [4.78, 5) is 69.7. The molecule has 3 fully saturated rings. The third kappa shape index (κ3) is 7.19. The second-order valence-corrected chi connectivity index (χ2v) is 12.5. The number of hydrogen-bond donors (Lipinski definition) is 4. The zero-order valence-corrected chi connectivity index (χ0v) is 25.1. The summed E-state index contributed by atoms with van der Waals surface area (Å²) in [6, 6.07) is 7.43. The van der Waals surface area contributed by atoms with Gasteiger partial charge in [-0.3, -0.25) is 19.2 Å². The van der Waals surface area contributed by atoms with Crippen LogP contribution in [0, 0.1) is 11.8 Å². The van der Waals surface area contributed by atoms with E-state index in [0.717, 1.165) is 43.0 Å². The highest BCUT2D eigenvalue weighted by Gasteiger charge is 2.47. The number of carbonyl (C=O) groups is 5. The molecule has 2 aliphatic heterocycles. The van der Waals surface area contributed by atoms with E-state index >= 15 is 0 Å². The molecule has 1 saturated carbocycles. The van der Waals surface area contributed by atoms with E-state index in [-0.39, 0.29) is 24.2 Å². The summed E-state index contributed by atoms with van der Waals surface area (Å²) >= 11 is 0. The number of amides is 4. The van der Waals surface area contributed by atoms with Crippen LogP contribution in [0.15, 0.2) is 30.3 Å². The van der Waals surface area contributed by atoms with Gasteiger partial charge in [0, 0.05) is 42.4 Å². The van der Waals surface area contributed by atoms with Gasteiger partial charge in [-0.25, -0.2) is 4.79 Å². The van der Waals surface area contributed by atoms with E-state index in [9.17, 15) is 24.0 Å². The SMILES string of the molecule is COC(=O)[C@H](C[C@H]1CC2(CCN(C(C)=O)CC2)NC1=O)NC(=O)[C@H](CC1CCCCC1)NC(=O)c1cc2ccccc2[nH]1. The molecule has 43 heavy (non-hydrogen) atoms. The van der Waals surface area contributed by atoms with Gasteiger partial charge in [-0.1, -0.05) is 50.3 Å². The lowest BCUT2D eigenvalue weighted by atomic mass is 9.82. The number of nitrogens with zero attached hydrogens (tertiary/aromatic N) is 1. The van der Waals surface area contributed by atoms with Crippen LogP contribution in [0.5, 0.6) is 0 Å². The Morgan fingerprint density at radius 2 is 1.74 bits per heavy atom. The topological polar surface area (TPSA) is 150 Å². The fourth-order valence-electron chi connectivity index (χ4n) is 7.08. The Morgan fingerprint density at radius 3 is 2.42 bits per heavy atom. The third-order valence-electron chi connectivity index (χ3n) is 9.57. The summed E-state index contributed by atoms with van der Waals surface area (Å²) in [5.41, 5.74) is 0.761. The smallest absolute Gasteiger partial charge is 0.328 e. The first-order valence-corrected chi connectivity index (χ1v) is 15.5. The van der Waals surface area contributed by atoms with Crippen LogP contribution in [0.25, 0.3) is 10.9 Å². The number of likely N-dealkylation sites (tertiary alicyclic amines) is 1. The van der Waals surface area contributed by atoms with Gasteiger partial charge in [0.05, 0.1) is 7.11 Å². The summed E-state index contributed by atoms with van der Waals surface area (Å²) in [7, 11) is 1.26. The number of fused-ring (bicyclic) bond motifs is 1. The fourth-order valence-corrected chi connectivity index (χ4v) is 7.08. The highest BCUT2D eigenvalue weighted by molar-refractivity contribution is 6.00. The zero-order chi connectivity index (χ0) is 30.6. The number of benzene rings is 1. The summed E-state index contributed by atoms with van der Waals surface area (Å²) < 4.78 is 5.03. The Labute approximate surface area is 251 Å². The molecule has 4 N–H and O–H groups in total. The lowest BCUT2D eigenvalue weighted by Gasteiger charge is -2.39. The van der Waals surface area contributed by atoms with Crippen molar-refractivity contribution in [2.75, 3.05) is 20.2 Å². The molecule has 0 bridgehead atoms. The van der Waals surface area contributed by atoms with Crippen molar-refractivity contribution in [3.63, 3.8) is 0 Å². The van der Waals surface area contributed by atoms with E-state index in [1.54, 1.807) is 17.9 Å². The van der Waals surface area contributed by atoms with Gasteiger partial charge in [-0.05, 0) is 50.2 Å². The van der Waals surface area contributed by atoms with Crippen LogP contribution in [-0.2, 0) is 23.9 Å². The van der Waals surface area contributed by atoms with Crippen LogP contribution in [0.1, 0.15) is 81.6 Å². The molecule has 11 nitrogen and oxygen atoms in total. The largest absolute Gasteiger partial charge is 0.467 e. The maximum Gasteiger partial charge on any atom is 0.328 e. The molecule has 0 unspecified atom stereocenters. The normalized spacial score (nSPS) is 21.7. The average Bonchev–Trinajstić information content (AvgIpc) is 3.57. The Kier molecular flexibility index (Phi) is 9.37. The lowest BCUT2D eigenvalue weighted by molar-refractivity contribution is -0.146. The Hall–Kier alpha value is -3.89. The Morgan fingerprint density at radius 1 is 1.02 bits per heavy atom. The van der Waals surface area contributed by atoms with E-state index in [4.69, 9.17) is 4.74 Å². The monoisotopic (exact) mass is 593 g/mol. The minimum absolute atomic E-state index is 0.0172. The van der Waals surface area contributed by atoms with Gasteiger partial charge in [-0.15, -0.1) is 0 Å². The van der Waals surface area contributed by atoms with Crippen molar-refractivity contribution in [1.29, 1.82) is 0 Å². The van der Waals surface area contributed by atoms with Crippen LogP contribution in [0.3, 0.4) is 0 Å². The van der Waals surface area contributed by atoms with Gasteiger partial charge in [0.1, 0.15) is 17.8 Å². The number of aromatic amines is 1. The molecule has 3 aliphatic rings. The molecule has 11 heteroatoms. The molecule has 0 radical (unpaired) electrons. The number of methoxy groups -OCH3 is 1. The predicted molar refractivity (Wildman–Crippen MR) is 160 cm³/mol. The number of piperidine rings is 1. The van der Waals surface area contributed by atoms with Crippen molar-refractivity contribution < 1.29 is 28.7 Å². The number of esters is 1. The first kappa shape index (κ1) is 30.6. The molecular formula is C32H43N5O6. The van der Waals surface area contributed by atoms with E-state index in [1.807, 2.05) is 24.3 Å². The van der Waals surface area contributed by atoms with E-state index < -0.39 is 41.3 Å². The minimum atomic E-state index is -1.04.